The van der Waals surface area contributed by atoms with Crippen LogP contribution < -0.4 is 9.46 Å². The first-order valence-electron chi connectivity index (χ1n) is 4.73. The van der Waals surface area contributed by atoms with Crippen molar-refractivity contribution in [3.05, 3.63) is 24.0 Å². The highest BCUT2D eigenvalue weighted by atomic mass is 35.5. The van der Waals surface area contributed by atoms with E-state index >= 15 is 0 Å². The molecule has 0 saturated carbocycles. The van der Waals surface area contributed by atoms with Gasteiger partial charge in [-0.3, -0.25) is 0 Å². The lowest BCUT2D eigenvalue weighted by molar-refractivity contribution is 0.274. The molecule has 0 spiro atoms. The van der Waals surface area contributed by atoms with Gasteiger partial charge in [0, 0.05) is 11.9 Å². The van der Waals surface area contributed by atoms with Crippen LogP contribution in [0.25, 0.3) is 0 Å². The van der Waals surface area contributed by atoms with Gasteiger partial charge in [0.15, 0.2) is 5.44 Å². The summed E-state index contributed by atoms with van der Waals surface area (Å²) in [7, 11) is 0. The molecule has 0 fully saturated rings. The highest BCUT2D eigenvalue weighted by Crippen LogP contribution is 2.36. The van der Waals surface area contributed by atoms with Crippen LogP contribution in [-0.2, 0) is 0 Å². The van der Waals surface area contributed by atoms with Crippen LogP contribution in [-0.4, -0.2) is 11.3 Å². The molecule has 2 rings (SSSR count). The summed E-state index contributed by atoms with van der Waals surface area (Å²) < 4.78 is 21.7. The van der Waals surface area contributed by atoms with Crippen LogP contribution in [0, 0.1) is 5.82 Å². The van der Waals surface area contributed by atoms with Crippen LogP contribution in [0.15, 0.2) is 18.2 Å². The number of hydrogen-bond donors (Lipinski definition) is 1. The highest BCUT2D eigenvalue weighted by Gasteiger charge is 2.19. The zero-order chi connectivity index (χ0) is 10.7. The minimum absolute atomic E-state index is 0.0121. The molecular weight excluding hydrogens is 237 g/mol. The molecular formula is C10H11ClFNOS. The Bertz CT molecular complexity index is 350. The number of nitrogens with one attached hydrogen (secondary N) is 1. The van der Waals surface area contributed by atoms with Crippen molar-refractivity contribution in [1.82, 2.24) is 0 Å². The van der Waals surface area contributed by atoms with E-state index in [0.29, 0.717) is 11.6 Å². The quantitative estimate of drug-likeness (QED) is 0.651. The Labute approximate surface area is 97.3 Å². The summed E-state index contributed by atoms with van der Waals surface area (Å²) in [6.07, 6.45) is 1.75. The second kappa shape index (κ2) is 4.94. The highest BCUT2D eigenvalue weighted by molar-refractivity contribution is 8.01. The average molecular weight is 248 g/mol. The van der Waals surface area contributed by atoms with E-state index in [2.05, 4.69) is 4.72 Å². The Balaban J connectivity index is 2.05. The fourth-order valence-corrected chi connectivity index (χ4v) is 2.35. The summed E-state index contributed by atoms with van der Waals surface area (Å²) in [6, 6.07) is 4.49. The molecule has 1 aliphatic heterocycles. The van der Waals surface area contributed by atoms with Gasteiger partial charge in [0.2, 0.25) is 0 Å². The van der Waals surface area contributed by atoms with E-state index in [9.17, 15) is 4.39 Å². The van der Waals surface area contributed by atoms with Crippen molar-refractivity contribution in [2.45, 2.75) is 18.3 Å². The van der Waals surface area contributed by atoms with Gasteiger partial charge in [0.05, 0.1) is 5.69 Å². The monoisotopic (exact) mass is 247 g/mol. The normalized spacial score (nSPS) is 18.9. The van der Waals surface area contributed by atoms with Crippen molar-refractivity contribution in [3.8, 4) is 5.75 Å². The molecule has 2 nitrogen and oxygen atoms in total. The zero-order valence-corrected chi connectivity index (χ0v) is 9.58. The topological polar surface area (TPSA) is 21.3 Å². The van der Waals surface area contributed by atoms with Gasteiger partial charge in [0.25, 0.3) is 0 Å². The standard InChI is InChI=1S/C10H11ClFNOS/c11-5-1-2-10-14-9-6-7(12)3-4-8(9)13-15-10/h3-4,6,10,13H,1-2,5H2. The lowest BCUT2D eigenvalue weighted by Gasteiger charge is -2.26. The molecule has 1 aliphatic rings. The van der Waals surface area contributed by atoms with Crippen molar-refractivity contribution in [3.63, 3.8) is 0 Å². The number of anilines is 1. The summed E-state index contributed by atoms with van der Waals surface area (Å²) in [4.78, 5) is 0. The molecule has 0 radical (unpaired) electrons. The van der Waals surface area contributed by atoms with E-state index in [0.717, 1.165) is 18.5 Å². The molecule has 0 amide bonds. The number of alkyl halides is 1. The first-order valence-corrected chi connectivity index (χ1v) is 6.15. The van der Waals surface area contributed by atoms with Gasteiger partial charge in [-0.25, -0.2) is 4.39 Å². The molecule has 0 bridgehead atoms. The lowest BCUT2D eigenvalue weighted by atomic mass is 10.3. The minimum Gasteiger partial charge on any atom is -0.476 e. The molecule has 1 N–H and O–H groups in total. The smallest absolute Gasteiger partial charge is 0.163 e. The second-order valence-corrected chi connectivity index (χ2v) is 4.58. The van der Waals surface area contributed by atoms with Gasteiger partial charge in [0.1, 0.15) is 11.6 Å². The van der Waals surface area contributed by atoms with E-state index in [4.69, 9.17) is 16.3 Å². The fraction of sp³-hybridized carbons (Fsp3) is 0.400. The van der Waals surface area contributed by atoms with E-state index < -0.39 is 0 Å². The third kappa shape index (κ3) is 2.69. The van der Waals surface area contributed by atoms with E-state index in [-0.39, 0.29) is 11.3 Å². The zero-order valence-electron chi connectivity index (χ0n) is 8.00. The van der Waals surface area contributed by atoms with Crippen molar-refractivity contribution in [1.29, 1.82) is 0 Å². The summed E-state index contributed by atoms with van der Waals surface area (Å²) in [5, 5.41) is 0. The van der Waals surface area contributed by atoms with Crippen molar-refractivity contribution in [2.24, 2.45) is 0 Å². The number of rotatable bonds is 3. The average Bonchev–Trinajstić information content (AvgIpc) is 2.25. The predicted molar refractivity (Wildman–Crippen MR) is 62.0 cm³/mol. The SMILES string of the molecule is Fc1ccc2c(c1)OC(CCCCl)SN2. The van der Waals surface area contributed by atoms with Crippen LogP contribution in [0.3, 0.4) is 0 Å². The molecule has 1 unspecified atom stereocenters. The Morgan fingerprint density at radius 1 is 1.53 bits per heavy atom. The Kier molecular flexibility index (Phi) is 3.59. The molecule has 1 heterocycles. The third-order valence-electron chi connectivity index (χ3n) is 2.08. The summed E-state index contributed by atoms with van der Waals surface area (Å²) >= 11 is 7.10. The van der Waals surface area contributed by atoms with Gasteiger partial charge < -0.3 is 9.46 Å². The van der Waals surface area contributed by atoms with Crippen LogP contribution in [0.4, 0.5) is 10.1 Å². The maximum Gasteiger partial charge on any atom is 0.163 e. The summed E-state index contributed by atoms with van der Waals surface area (Å²) in [5.41, 5.74) is 0.835. The van der Waals surface area contributed by atoms with Gasteiger partial charge in [-0.2, -0.15) is 0 Å². The minimum atomic E-state index is -0.279. The molecule has 15 heavy (non-hydrogen) atoms. The second-order valence-electron chi connectivity index (χ2n) is 3.24. The summed E-state index contributed by atoms with van der Waals surface area (Å²) in [6.45, 7) is 0. The van der Waals surface area contributed by atoms with E-state index in [1.165, 1.54) is 24.1 Å². The molecule has 0 aromatic heterocycles. The number of fused-ring (bicyclic) bond motifs is 1. The molecule has 0 saturated heterocycles. The maximum atomic E-state index is 12.9. The molecule has 1 aromatic carbocycles. The van der Waals surface area contributed by atoms with Crippen molar-refractivity contribution >= 4 is 29.2 Å². The number of hydrogen-bond acceptors (Lipinski definition) is 3. The van der Waals surface area contributed by atoms with Crippen LogP contribution in [0.2, 0.25) is 0 Å². The van der Waals surface area contributed by atoms with Crippen LogP contribution in [0.1, 0.15) is 12.8 Å². The maximum absolute atomic E-state index is 12.9. The molecule has 1 atom stereocenters. The molecule has 0 aliphatic carbocycles. The molecule has 1 aromatic rings. The van der Waals surface area contributed by atoms with E-state index in [1.54, 1.807) is 6.07 Å². The van der Waals surface area contributed by atoms with Gasteiger partial charge in [-0.1, -0.05) is 0 Å². The van der Waals surface area contributed by atoms with Gasteiger partial charge in [-0.05, 0) is 36.9 Å². The van der Waals surface area contributed by atoms with Crippen molar-refractivity contribution < 1.29 is 9.13 Å². The first-order chi connectivity index (χ1) is 7.29. The van der Waals surface area contributed by atoms with Crippen LogP contribution >= 0.6 is 23.5 Å². The Morgan fingerprint density at radius 3 is 3.20 bits per heavy atom. The van der Waals surface area contributed by atoms with E-state index in [1.807, 2.05) is 0 Å². The Hall–Kier alpha value is -0.610. The number of halogens is 2. The Morgan fingerprint density at radius 2 is 2.40 bits per heavy atom. The molecule has 82 valence electrons. The largest absolute Gasteiger partial charge is 0.476 e. The fourth-order valence-electron chi connectivity index (χ4n) is 1.33. The van der Waals surface area contributed by atoms with Gasteiger partial charge >= 0.3 is 0 Å². The third-order valence-corrected chi connectivity index (χ3v) is 3.28. The predicted octanol–water partition coefficient (Wildman–Crippen LogP) is 3.62. The van der Waals surface area contributed by atoms with Gasteiger partial charge in [-0.15, -0.1) is 11.6 Å². The lowest BCUT2D eigenvalue weighted by Crippen LogP contribution is -2.19. The van der Waals surface area contributed by atoms with Crippen molar-refractivity contribution in [2.75, 3.05) is 10.6 Å². The summed E-state index contributed by atoms with van der Waals surface area (Å²) in [5.74, 6) is 0.919. The number of ether oxygens (including phenoxy) is 1. The first kappa shape index (κ1) is 10.9. The molecule has 5 heteroatoms. The number of benzene rings is 1. The van der Waals surface area contributed by atoms with Crippen LogP contribution in [0.5, 0.6) is 5.75 Å².